The molecule has 2 rings (SSSR count). The van der Waals surface area contributed by atoms with Crippen molar-refractivity contribution in [1.29, 1.82) is 0 Å². The minimum Gasteiger partial charge on any atom is -0.468 e. The van der Waals surface area contributed by atoms with Crippen LogP contribution in [0, 0.1) is 0 Å². The van der Waals surface area contributed by atoms with Crippen molar-refractivity contribution in [3.8, 4) is 0 Å². The van der Waals surface area contributed by atoms with Gasteiger partial charge in [0.05, 0.1) is 7.11 Å². The van der Waals surface area contributed by atoms with Crippen LogP contribution in [0.5, 0.6) is 0 Å². The summed E-state index contributed by atoms with van der Waals surface area (Å²) < 4.78 is 5.51. The number of thiophene rings is 1. The second-order valence-electron chi connectivity index (χ2n) is 4.20. The molecule has 0 bridgehead atoms. The molecule has 2 nitrogen and oxygen atoms in total. The molecule has 0 N–H and O–H groups in total. The van der Waals surface area contributed by atoms with Gasteiger partial charge in [0.1, 0.15) is 4.75 Å². The van der Waals surface area contributed by atoms with Crippen LogP contribution in [-0.2, 0) is 9.53 Å². The van der Waals surface area contributed by atoms with E-state index in [9.17, 15) is 4.79 Å². The molecule has 0 fully saturated rings. The van der Waals surface area contributed by atoms with E-state index in [1.807, 2.05) is 26.0 Å². The molecule has 0 saturated carbocycles. The van der Waals surface area contributed by atoms with Crippen LogP contribution in [0.4, 0.5) is 0 Å². The first-order valence-electron chi connectivity index (χ1n) is 5.28. The van der Waals surface area contributed by atoms with Gasteiger partial charge in [-0.2, -0.15) is 0 Å². The summed E-state index contributed by atoms with van der Waals surface area (Å²) in [5, 5.41) is 3.31. The van der Waals surface area contributed by atoms with E-state index in [0.29, 0.717) is 0 Å². The number of esters is 1. The lowest BCUT2D eigenvalue weighted by Crippen LogP contribution is -2.28. The molecule has 1 heterocycles. The normalized spacial score (nSPS) is 11.7. The minimum atomic E-state index is -0.557. The van der Waals surface area contributed by atoms with Crippen LogP contribution in [0.3, 0.4) is 0 Å². The van der Waals surface area contributed by atoms with Crippen molar-refractivity contribution in [1.82, 2.24) is 0 Å². The molecule has 1 aromatic heterocycles. The Morgan fingerprint density at radius 3 is 2.76 bits per heavy atom. The van der Waals surface area contributed by atoms with Crippen LogP contribution in [0.2, 0.25) is 0 Å². The summed E-state index contributed by atoms with van der Waals surface area (Å²) in [5.74, 6) is -0.196. The highest BCUT2D eigenvalue weighted by molar-refractivity contribution is 8.01. The smallest absolute Gasteiger partial charge is 0.321 e. The standard InChI is InChI=1S/C13H14O2S2/c1-13(2,12(14)15-3)17-11-8-16-10-7-5-4-6-9(10)11/h4-8H,1-3H3. The number of carbonyl (C=O) groups excluding carboxylic acids is 1. The number of ether oxygens (including phenoxy) is 1. The molecule has 0 amide bonds. The highest BCUT2D eigenvalue weighted by Crippen LogP contribution is 2.40. The van der Waals surface area contributed by atoms with Crippen LogP contribution < -0.4 is 0 Å². The lowest BCUT2D eigenvalue weighted by atomic mass is 10.2. The van der Waals surface area contributed by atoms with Gasteiger partial charge in [0.25, 0.3) is 0 Å². The largest absolute Gasteiger partial charge is 0.468 e. The van der Waals surface area contributed by atoms with E-state index in [1.54, 1.807) is 23.1 Å². The highest BCUT2D eigenvalue weighted by Gasteiger charge is 2.30. The Morgan fingerprint density at radius 2 is 2.06 bits per heavy atom. The van der Waals surface area contributed by atoms with Gasteiger partial charge in [-0.05, 0) is 19.9 Å². The second-order valence-corrected chi connectivity index (χ2v) is 6.78. The molecule has 0 aliphatic rings. The van der Waals surface area contributed by atoms with E-state index in [0.717, 1.165) is 4.90 Å². The monoisotopic (exact) mass is 266 g/mol. The molecule has 0 radical (unpaired) electrons. The second kappa shape index (κ2) is 4.70. The fourth-order valence-corrected chi connectivity index (χ4v) is 3.82. The van der Waals surface area contributed by atoms with Crippen molar-refractivity contribution < 1.29 is 9.53 Å². The number of carbonyl (C=O) groups is 1. The molecule has 90 valence electrons. The maximum absolute atomic E-state index is 11.7. The maximum atomic E-state index is 11.7. The van der Waals surface area contributed by atoms with Crippen molar-refractivity contribution in [2.24, 2.45) is 0 Å². The van der Waals surface area contributed by atoms with Gasteiger partial charge < -0.3 is 4.74 Å². The zero-order valence-corrected chi connectivity index (χ0v) is 11.7. The van der Waals surface area contributed by atoms with Crippen molar-refractivity contribution in [3.63, 3.8) is 0 Å². The Kier molecular flexibility index (Phi) is 3.45. The Morgan fingerprint density at radius 1 is 1.35 bits per heavy atom. The van der Waals surface area contributed by atoms with Crippen LogP contribution in [0.1, 0.15) is 13.8 Å². The third kappa shape index (κ3) is 2.48. The molecule has 17 heavy (non-hydrogen) atoms. The van der Waals surface area contributed by atoms with Gasteiger partial charge in [-0.3, -0.25) is 4.79 Å². The van der Waals surface area contributed by atoms with Crippen molar-refractivity contribution in [2.75, 3.05) is 7.11 Å². The van der Waals surface area contributed by atoms with Gasteiger partial charge >= 0.3 is 5.97 Å². The molecule has 0 saturated heterocycles. The molecule has 2 aromatic rings. The molecular formula is C13H14O2S2. The summed E-state index contributed by atoms with van der Waals surface area (Å²) in [6.07, 6.45) is 0. The number of fused-ring (bicyclic) bond motifs is 1. The summed E-state index contributed by atoms with van der Waals surface area (Å²) in [5.41, 5.74) is 0. The highest BCUT2D eigenvalue weighted by atomic mass is 32.2. The number of hydrogen-bond donors (Lipinski definition) is 0. The van der Waals surface area contributed by atoms with Crippen LogP contribution in [0.15, 0.2) is 34.5 Å². The maximum Gasteiger partial charge on any atom is 0.321 e. The van der Waals surface area contributed by atoms with Crippen LogP contribution >= 0.6 is 23.1 Å². The first-order chi connectivity index (χ1) is 8.04. The zero-order valence-electron chi connectivity index (χ0n) is 10.0. The van der Waals surface area contributed by atoms with E-state index >= 15 is 0 Å². The molecule has 0 aliphatic carbocycles. The molecule has 0 atom stereocenters. The van der Waals surface area contributed by atoms with Crippen LogP contribution in [0.25, 0.3) is 10.1 Å². The fourth-order valence-electron chi connectivity index (χ4n) is 1.59. The van der Waals surface area contributed by atoms with E-state index in [4.69, 9.17) is 4.74 Å². The quantitative estimate of drug-likeness (QED) is 0.621. The first kappa shape index (κ1) is 12.5. The van der Waals surface area contributed by atoms with Crippen molar-refractivity contribution >= 4 is 39.2 Å². The summed E-state index contributed by atoms with van der Waals surface area (Å²) in [6, 6.07) is 8.22. The average molecular weight is 266 g/mol. The Hall–Kier alpha value is -1.00. The van der Waals surface area contributed by atoms with E-state index < -0.39 is 4.75 Å². The lowest BCUT2D eigenvalue weighted by molar-refractivity contribution is -0.142. The molecule has 0 aliphatic heterocycles. The minimum absolute atomic E-state index is 0.196. The van der Waals surface area contributed by atoms with Gasteiger partial charge in [0.15, 0.2) is 0 Å². The predicted molar refractivity (Wildman–Crippen MR) is 73.8 cm³/mol. The summed E-state index contributed by atoms with van der Waals surface area (Å²) in [4.78, 5) is 12.8. The van der Waals surface area contributed by atoms with Gasteiger partial charge in [-0.15, -0.1) is 23.1 Å². The van der Waals surface area contributed by atoms with Gasteiger partial charge in [-0.25, -0.2) is 0 Å². The van der Waals surface area contributed by atoms with E-state index in [1.165, 1.54) is 17.2 Å². The number of thioether (sulfide) groups is 1. The molecule has 1 aromatic carbocycles. The van der Waals surface area contributed by atoms with Gasteiger partial charge in [0.2, 0.25) is 0 Å². The Labute approximate surface area is 109 Å². The molecular weight excluding hydrogens is 252 g/mol. The Balaban J connectivity index is 2.33. The third-order valence-corrected chi connectivity index (χ3v) is 4.83. The predicted octanol–water partition coefficient (Wildman–Crippen LogP) is 3.95. The third-order valence-electron chi connectivity index (χ3n) is 2.49. The van der Waals surface area contributed by atoms with Gasteiger partial charge in [-0.1, -0.05) is 18.2 Å². The van der Waals surface area contributed by atoms with Gasteiger partial charge in [0, 0.05) is 20.4 Å². The fraction of sp³-hybridized carbons (Fsp3) is 0.308. The molecule has 0 unspecified atom stereocenters. The molecule has 4 heteroatoms. The van der Waals surface area contributed by atoms with Crippen molar-refractivity contribution in [3.05, 3.63) is 29.6 Å². The SMILES string of the molecule is COC(=O)C(C)(C)Sc1csc2ccccc12. The topological polar surface area (TPSA) is 26.3 Å². The Bertz CT molecular complexity index is 543. The van der Waals surface area contributed by atoms with E-state index in [-0.39, 0.29) is 5.97 Å². The average Bonchev–Trinajstić information content (AvgIpc) is 2.71. The number of benzene rings is 1. The van der Waals surface area contributed by atoms with Crippen molar-refractivity contribution in [2.45, 2.75) is 23.5 Å². The summed E-state index contributed by atoms with van der Waals surface area (Å²) in [6.45, 7) is 3.77. The number of rotatable bonds is 3. The molecule has 0 spiro atoms. The number of methoxy groups -OCH3 is 1. The first-order valence-corrected chi connectivity index (χ1v) is 6.98. The summed E-state index contributed by atoms with van der Waals surface area (Å²) in [7, 11) is 1.43. The number of hydrogen-bond acceptors (Lipinski definition) is 4. The summed E-state index contributed by atoms with van der Waals surface area (Å²) >= 11 is 3.25. The van der Waals surface area contributed by atoms with Crippen LogP contribution in [-0.4, -0.2) is 17.8 Å². The zero-order chi connectivity index (χ0) is 12.5. The van der Waals surface area contributed by atoms with E-state index in [2.05, 4.69) is 17.5 Å². The lowest BCUT2D eigenvalue weighted by Gasteiger charge is -2.20.